The van der Waals surface area contributed by atoms with E-state index in [4.69, 9.17) is 4.74 Å². The molecule has 0 bridgehead atoms. The smallest absolute Gasteiger partial charge is 0.244 e. The number of aryl methyl sites for hydroxylation is 2. The van der Waals surface area contributed by atoms with Gasteiger partial charge in [-0.3, -0.25) is 14.3 Å². The van der Waals surface area contributed by atoms with E-state index in [9.17, 15) is 9.59 Å². The topological polar surface area (TPSA) is 80.6 Å². The molecule has 8 heteroatoms. The lowest BCUT2D eigenvalue weighted by Gasteiger charge is -2.34. The van der Waals surface area contributed by atoms with Gasteiger partial charge < -0.3 is 14.5 Å². The second-order valence-electron chi connectivity index (χ2n) is 8.83. The van der Waals surface area contributed by atoms with Crippen LogP contribution in [0.5, 0.6) is 5.88 Å². The van der Waals surface area contributed by atoms with Crippen LogP contribution < -0.4 is 4.74 Å². The minimum atomic E-state index is 0.112. The van der Waals surface area contributed by atoms with Crippen LogP contribution in [-0.4, -0.2) is 69.2 Å². The maximum absolute atomic E-state index is 12.5. The molecule has 2 aromatic heterocycles. The van der Waals surface area contributed by atoms with Crippen molar-refractivity contribution < 1.29 is 14.3 Å². The van der Waals surface area contributed by atoms with E-state index >= 15 is 0 Å². The quantitative estimate of drug-likeness (QED) is 0.678. The highest BCUT2D eigenvalue weighted by atomic mass is 16.5. The Labute approximate surface area is 183 Å². The molecule has 0 spiro atoms. The van der Waals surface area contributed by atoms with Crippen molar-refractivity contribution in [2.75, 3.05) is 32.8 Å². The lowest BCUT2D eigenvalue weighted by atomic mass is 9.96. The van der Waals surface area contributed by atoms with Crippen LogP contribution in [0.3, 0.4) is 0 Å². The van der Waals surface area contributed by atoms with Gasteiger partial charge in [-0.15, -0.1) is 0 Å². The number of carbonyl (C=O) groups excluding carboxylic acids is 2. The number of rotatable bonds is 7. The van der Waals surface area contributed by atoms with Gasteiger partial charge in [-0.25, -0.2) is 4.98 Å². The number of hydrogen-bond donors (Lipinski definition) is 0. The molecule has 0 radical (unpaired) electrons. The second kappa shape index (κ2) is 9.49. The fourth-order valence-corrected chi connectivity index (χ4v) is 4.40. The number of amides is 2. The van der Waals surface area contributed by atoms with Crippen molar-refractivity contribution in [1.29, 1.82) is 0 Å². The Bertz CT molecular complexity index is 919. The van der Waals surface area contributed by atoms with Gasteiger partial charge in [0.25, 0.3) is 0 Å². The zero-order chi connectivity index (χ0) is 21.8. The summed E-state index contributed by atoms with van der Waals surface area (Å²) in [6.07, 6.45) is 5.98. The molecule has 0 aromatic carbocycles. The number of pyridine rings is 1. The summed E-state index contributed by atoms with van der Waals surface area (Å²) >= 11 is 0. The number of likely N-dealkylation sites (tertiary alicyclic amines) is 2. The molecule has 1 atom stereocenters. The van der Waals surface area contributed by atoms with Crippen LogP contribution in [0.15, 0.2) is 30.6 Å². The van der Waals surface area contributed by atoms with Crippen molar-refractivity contribution in [3.63, 3.8) is 0 Å². The summed E-state index contributed by atoms with van der Waals surface area (Å²) in [5, 5.41) is 4.29. The van der Waals surface area contributed by atoms with Gasteiger partial charge in [0.15, 0.2) is 0 Å². The maximum atomic E-state index is 12.5. The van der Waals surface area contributed by atoms with Gasteiger partial charge >= 0.3 is 0 Å². The molecule has 8 nitrogen and oxygen atoms in total. The normalized spacial score (nSPS) is 19.8. The van der Waals surface area contributed by atoms with Crippen molar-refractivity contribution in [2.45, 2.75) is 39.7 Å². The van der Waals surface area contributed by atoms with E-state index in [0.717, 1.165) is 50.3 Å². The highest BCUT2D eigenvalue weighted by Gasteiger charge is 2.33. The fraction of sp³-hybridized carbons (Fsp3) is 0.565. The maximum Gasteiger partial charge on any atom is 0.244 e. The third kappa shape index (κ3) is 5.62. The molecule has 1 unspecified atom stereocenters. The Kier molecular flexibility index (Phi) is 6.53. The highest BCUT2D eigenvalue weighted by Crippen LogP contribution is 2.24. The van der Waals surface area contributed by atoms with Gasteiger partial charge in [0.05, 0.1) is 12.3 Å². The van der Waals surface area contributed by atoms with Gasteiger partial charge in [-0.2, -0.15) is 5.10 Å². The molecule has 2 saturated heterocycles. The van der Waals surface area contributed by atoms with Crippen LogP contribution in [0.1, 0.15) is 30.5 Å². The van der Waals surface area contributed by atoms with E-state index < -0.39 is 0 Å². The standard InChI is InChI=1S/C23H31N5O3/c1-17-3-7-24-21(11-17)31-16-20-12-22(29)27(14-20)13-19-5-8-26(9-6-19)23(30)15-28-10-4-18(2)25-28/h3-4,7,10-11,19-20H,5-6,8-9,12-16H2,1-2H3. The minimum Gasteiger partial charge on any atom is -0.477 e. The average Bonchev–Trinajstić information content (AvgIpc) is 3.32. The summed E-state index contributed by atoms with van der Waals surface area (Å²) in [7, 11) is 0. The summed E-state index contributed by atoms with van der Waals surface area (Å²) in [6, 6.07) is 5.75. The molecule has 2 aromatic rings. The van der Waals surface area contributed by atoms with Crippen molar-refractivity contribution in [3.8, 4) is 5.88 Å². The van der Waals surface area contributed by atoms with Crippen molar-refractivity contribution in [3.05, 3.63) is 41.9 Å². The first-order valence-corrected chi connectivity index (χ1v) is 11.1. The van der Waals surface area contributed by atoms with E-state index in [-0.39, 0.29) is 17.7 Å². The minimum absolute atomic E-state index is 0.112. The predicted molar refractivity (Wildman–Crippen MR) is 115 cm³/mol. The first-order valence-electron chi connectivity index (χ1n) is 11.1. The van der Waals surface area contributed by atoms with Gasteiger partial charge in [0.1, 0.15) is 6.54 Å². The largest absolute Gasteiger partial charge is 0.477 e. The molecule has 2 fully saturated rings. The van der Waals surface area contributed by atoms with Gasteiger partial charge in [0.2, 0.25) is 17.7 Å². The van der Waals surface area contributed by atoms with E-state index in [0.29, 0.717) is 31.4 Å². The van der Waals surface area contributed by atoms with Crippen LogP contribution in [0.25, 0.3) is 0 Å². The highest BCUT2D eigenvalue weighted by molar-refractivity contribution is 5.78. The van der Waals surface area contributed by atoms with E-state index in [1.807, 2.05) is 48.0 Å². The number of ether oxygens (including phenoxy) is 1. The molecule has 0 aliphatic carbocycles. The Hall–Kier alpha value is -2.90. The second-order valence-corrected chi connectivity index (χ2v) is 8.83. The first-order chi connectivity index (χ1) is 15.0. The summed E-state index contributed by atoms with van der Waals surface area (Å²) in [6.45, 7) is 7.74. The summed E-state index contributed by atoms with van der Waals surface area (Å²) < 4.78 is 7.50. The van der Waals surface area contributed by atoms with Crippen LogP contribution in [0.2, 0.25) is 0 Å². The molecule has 2 aliphatic rings. The molecular weight excluding hydrogens is 394 g/mol. The zero-order valence-corrected chi connectivity index (χ0v) is 18.4. The Morgan fingerprint density at radius 2 is 2.00 bits per heavy atom. The molecule has 166 valence electrons. The van der Waals surface area contributed by atoms with Crippen molar-refractivity contribution in [1.82, 2.24) is 24.6 Å². The van der Waals surface area contributed by atoms with E-state index in [1.165, 1.54) is 0 Å². The number of aromatic nitrogens is 3. The lowest BCUT2D eigenvalue weighted by Crippen LogP contribution is -2.43. The van der Waals surface area contributed by atoms with E-state index in [1.54, 1.807) is 10.9 Å². The van der Waals surface area contributed by atoms with Gasteiger partial charge in [-0.1, -0.05) is 0 Å². The van der Waals surface area contributed by atoms with Crippen molar-refractivity contribution in [2.24, 2.45) is 11.8 Å². The predicted octanol–water partition coefficient (Wildman–Crippen LogP) is 2.06. The number of nitrogens with zero attached hydrogens (tertiary/aromatic N) is 5. The summed E-state index contributed by atoms with van der Waals surface area (Å²) in [4.78, 5) is 33.1. The molecule has 31 heavy (non-hydrogen) atoms. The van der Waals surface area contributed by atoms with Crippen LogP contribution in [-0.2, 0) is 16.1 Å². The van der Waals surface area contributed by atoms with E-state index in [2.05, 4.69) is 10.1 Å². The van der Waals surface area contributed by atoms with Gasteiger partial charge in [0, 0.05) is 57.0 Å². The van der Waals surface area contributed by atoms with Crippen molar-refractivity contribution >= 4 is 11.8 Å². The molecule has 4 rings (SSSR count). The zero-order valence-electron chi connectivity index (χ0n) is 18.4. The van der Waals surface area contributed by atoms with Crippen LogP contribution in [0, 0.1) is 25.7 Å². The summed E-state index contributed by atoms with van der Waals surface area (Å²) in [5.41, 5.74) is 2.03. The molecule has 0 saturated carbocycles. The fourth-order valence-electron chi connectivity index (χ4n) is 4.40. The lowest BCUT2D eigenvalue weighted by molar-refractivity contribution is -0.134. The Balaban J connectivity index is 1.19. The Morgan fingerprint density at radius 3 is 2.71 bits per heavy atom. The molecule has 0 N–H and O–H groups in total. The Morgan fingerprint density at radius 1 is 1.19 bits per heavy atom. The number of hydrogen-bond acceptors (Lipinski definition) is 5. The number of piperidine rings is 1. The molecular formula is C23H31N5O3. The van der Waals surface area contributed by atoms with Crippen LogP contribution >= 0.6 is 0 Å². The van der Waals surface area contributed by atoms with Gasteiger partial charge in [-0.05, 0) is 50.3 Å². The molecule has 2 aliphatic heterocycles. The average molecular weight is 426 g/mol. The molecule has 4 heterocycles. The SMILES string of the molecule is Cc1ccnc(OCC2CC(=O)N(CC3CCN(C(=O)Cn4ccc(C)n4)CC3)C2)c1. The third-order valence-corrected chi connectivity index (χ3v) is 6.17. The summed E-state index contributed by atoms with van der Waals surface area (Å²) in [5.74, 6) is 1.58. The third-order valence-electron chi connectivity index (χ3n) is 6.17. The van der Waals surface area contributed by atoms with Crippen LogP contribution in [0.4, 0.5) is 0 Å². The monoisotopic (exact) mass is 425 g/mol. The first kappa shape index (κ1) is 21.3. The number of carbonyl (C=O) groups is 2. The molecule has 2 amide bonds.